The summed E-state index contributed by atoms with van der Waals surface area (Å²) in [6.45, 7) is 13.6. The number of hydrogen-bond donors (Lipinski definition) is 0. The molecule has 0 amide bonds. The minimum absolute atomic E-state index is 0.0401. The van der Waals surface area contributed by atoms with Crippen LogP contribution in [-0.4, -0.2) is 6.61 Å². The van der Waals surface area contributed by atoms with E-state index in [0.29, 0.717) is 13.0 Å². The summed E-state index contributed by atoms with van der Waals surface area (Å²) in [6, 6.07) is 8.57. The van der Waals surface area contributed by atoms with Crippen LogP contribution >= 0.6 is 0 Å². The molecule has 1 aromatic rings. The van der Waals surface area contributed by atoms with E-state index in [1.165, 1.54) is 11.1 Å². The van der Waals surface area contributed by atoms with Crippen molar-refractivity contribution in [3.05, 3.63) is 29.3 Å². The van der Waals surface area contributed by atoms with Gasteiger partial charge in [0.05, 0.1) is 12.5 Å². The zero-order valence-corrected chi connectivity index (χ0v) is 13.0. The Morgan fingerprint density at radius 2 is 1.68 bits per heavy atom. The SMILES string of the molecule is CC(C)(C)c1ccc(C(C)(C)C)c(OCCC#N)c1. The van der Waals surface area contributed by atoms with Crippen molar-refractivity contribution >= 4 is 0 Å². The molecule has 2 nitrogen and oxygen atoms in total. The van der Waals surface area contributed by atoms with Crippen LogP contribution in [0.15, 0.2) is 18.2 Å². The molecule has 0 aliphatic carbocycles. The van der Waals surface area contributed by atoms with Crippen molar-refractivity contribution in [3.8, 4) is 11.8 Å². The van der Waals surface area contributed by atoms with Crippen LogP contribution in [0.2, 0.25) is 0 Å². The quantitative estimate of drug-likeness (QED) is 0.745. The molecule has 0 fully saturated rings. The van der Waals surface area contributed by atoms with E-state index in [0.717, 1.165) is 5.75 Å². The van der Waals surface area contributed by atoms with E-state index >= 15 is 0 Å². The van der Waals surface area contributed by atoms with Gasteiger partial charge in [-0.1, -0.05) is 53.7 Å². The standard InChI is InChI=1S/C17H25NO/c1-16(2,3)13-8-9-14(17(4,5)6)15(12-13)19-11-7-10-18/h8-9,12H,7,11H2,1-6H3. The Bertz CT molecular complexity index is 470. The summed E-state index contributed by atoms with van der Waals surface area (Å²) >= 11 is 0. The molecule has 0 spiro atoms. The highest BCUT2D eigenvalue weighted by molar-refractivity contribution is 5.43. The topological polar surface area (TPSA) is 33.0 Å². The number of rotatable bonds is 3. The van der Waals surface area contributed by atoms with Gasteiger partial charge < -0.3 is 4.74 Å². The summed E-state index contributed by atoms with van der Waals surface area (Å²) in [5, 5.41) is 8.63. The maximum atomic E-state index is 8.63. The Morgan fingerprint density at radius 3 is 2.16 bits per heavy atom. The van der Waals surface area contributed by atoms with Gasteiger partial charge in [0, 0.05) is 0 Å². The second-order valence-electron chi connectivity index (χ2n) is 6.97. The van der Waals surface area contributed by atoms with E-state index < -0.39 is 0 Å². The molecule has 1 aromatic carbocycles. The van der Waals surface area contributed by atoms with Crippen molar-refractivity contribution in [2.24, 2.45) is 0 Å². The molecule has 0 saturated heterocycles. The van der Waals surface area contributed by atoms with Gasteiger partial charge in [0.1, 0.15) is 12.4 Å². The van der Waals surface area contributed by atoms with Crippen LogP contribution < -0.4 is 4.74 Å². The van der Waals surface area contributed by atoms with E-state index in [-0.39, 0.29) is 10.8 Å². The molecule has 0 aliphatic rings. The molecule has 0 aliphatic heterocycles. The predicted molar refractivity (Wildman–Crippen MR) is 79.6 cm³/mol. The molecule has 0 bridgehead atoms. The van der Waals surface area contributed by atoms with Gasteiger partial charge in [0.15, 0.2) is 0 Å². The van der Waals surface area contributed by atoms with Crippen LogP contribution in [0.1, 0.15) is 59.1 Å². The highest BCUT2D eigenvalue weighted by atomic mass is 16.5. The summed E-state index contributed by atoms with van der Waals surface area (Å²) in [5.74, 6) is 0.912. The molecule has 2 heteroatoms. The summed E-state index contributed by atoms with van der Waals surface area (Å²) in [6.07, 6.45) is 0.420. The summed E-state index contributed by atoms with van der Waals surface area (Å²) in [4.78, 5) is 0. The highest BCUT2D eigenvalue weighted by Crippen LogP contribution is 2.35. The summed E-state index contributed by atoms with van der Waals surface area (Å²) < 4.78 is 5.82. The second kappa shape index (κ2) is 5.65. The van der Waals surface area contributed by atoms with Crippen molar-refractivity contribution < 1.29 is 4.74 Å². The molecule has 19 heavy (non-hydrogen) atoms. The first kappa shape index (κ1) is 15.6. The fourth-order valence-electron chi connectivity index (χ4n) is 1.93. The molecule has 1 rings (SSSR count). The van der Waals surface area contributed by atoms with Gasteiger partial charge in [-0.2, -0.15) is 5.26 Å². The largest absolute Gasteiger partial charge is 0.492 e. The van der Waals surface area contributed by atoms with Crippen LogP contribution in [0, 0.1) is 11.3 Å². The Balaban J connectivity index is 3.16. The first-order chi connectivity index (χ1) is 8.66. The molecule has 104 valence electrons. The van der Waals surface area contributed by atoms with Crippen LogP contribution in [-0.2, 0) is 10.8 Å². The summed E-state index contributed by atoms with van der Waals surface area (Å²) in [5.41, 5.74) is 2.59. The number of hydrogen-bond acceptors (Lipinski definition) is 2. The molecule has 0 heterocycles. The summed E-state index contributed by atoms with van der Waals surface area (Å²) in [7, 11) is 0. The smallest absolute Gasteiger partial charge is 0.123 e. The van der Waals surface area contributed by atoms with Crippen LogP contribution in [0.5, 0.6) is 5.75 Å². The van der Waals surface area contributed by atoms with Crippen LogP contribution in [0.3, 0.4) is 0 Å². The van der Waals surface area contributed by atoms with Crippen molar-refractivity contribution in [2.45, 2.75) is 58.8 Å². The maximum absolute atomic E-state index is 8.63. The number of benzene rings is 1. The first-order valence-electron chi connectivity index (χ1n) is 6.81. The van der Waals surface area contributed by atoms with Gasteiger partial charge in [0.25, 0.3) is 0 Å². The van der Waals surface area contributed by atoms with Crippen LogP contribution in [0.4, 0.5) is 0 Å². The third-order valence-corrected chi connectivity index (χ3v) is 3.13. The van der Waals surface area contributed by atoms with Gasteiger partial charge in [-0.05, 0) is 28.0 Å². The predicted octanol–water partition coefficient (Wildman–Crippen LogP) is 4.57. The fraction of sp³-hybridized carbons (Fsp3) is 0.588. The second-order valence-corrected chi connectivity index (χ2v) is 6.97. The van der Waals surface area contributed by atoms with E-state index in [2.05, 4.69) is 65.8 Å². The first-order valence-corrected chi connectivity index (χ1v) is 6.81. The average Bonchev–Trinajstić information content (AvgIpc) is 2.26. The normalized spacial score (nSPS) is 12.1. The lowest BCUT2D eigenvalue weighted by Gasteiger charge is -2.26. The monoisotopic (exact) mass is 259 g/mol. The van der Waals surface area contributed by atoms with E-state index in [1.807, 2.05) is 0 Å². The third kappa shape index (κ3) is 4.28. The van der Waals surface area contributed by atoms with Crippen LogP contribution in [0.25, 0.3) is 0 Å². The van der Waals surface area contributed by atoms with Gasteiger partial charge >= 0.3 is 0 Å². The Morgan fingerprint density at radius 1 is 1.05 bits per heavy atom. The number of nitrogens with zero attached hydrogens (tertiary/aromatic N) is 1. The van der Waals surface area contributed by atoms with Crippen molar-refractivity contribution in [3.63, 3.8) is 0 Å². The van der Waals surface area contributed by atoms with E-state index in [4.69, 9.17) is 10.00 Å². The molecule has 0 aromatic heterocycles. The van der Waals surface area contributed by atoms with Gasteiger partial charge in [-0.3, -0.25) is 0 Å². The molecular weight excluding hydrogens is 234 g/mol. The minimum atomic E-state index is 0.0401. The number of nitriles is 1. The molecule has 0 N–H and O–H groups in total. The lowest BCUT2D eigenvalue weighted by Crippen LogP contribution is -2.17. The zero-order valence-electron chi connectivity index (χ0n) is 13.0. The Kier molecular flexibility index (Phi) is 4.63. The average molecular weight is 259 g/mol. The molecule has 0 radical (unpaired) electrons. The van der Waals surface area contributed by atoms with Gasteiger partial charge in [-0.25, -0.2) is 0 Å². The molecule has 0 saturated carbocycles. The zero-order chi connectivity index (χ0) is 14.7. The lowest BCUT2D eigenvalue weighted by molar-refractivity contribution is 0.316. The Hall–Kier alpha value is -1.49. The molecule has 0 unspecified atom stereocenters. The van der Waals surface area contributed by atoms with E-state index in [1.54, 1.807) is 0 Å². The van der Waals surface area contributed by atoms with Gasteiger partial charge in [-0.15, -0.1) is 0 Å². The Labute approximate surface area is 117 Å². The molecule has 0 atom stereocenters. The van der Waals surface area contributed by atoms with Crippen molar-refractivity contribution in [2.75, 3.05) is 6.61 Å². The number of ether oxygens (including phenoxy) is 1. The maximum Gasteiger partial charge on any atom is 0.123 e. The van der Waals surface area contributed by atoms with E-state index in [9.17, 15) is 0 Å². The lowest BCUT2D eigenvalue weighted by atomic mass is 9.81. The minimum Gasteiger partial charge on any atom is -0.492 e. The fourth-order valence-corrected chi connectivity index (χ4v) is 1.93. The van der Waals surface area contributed by atoms with Crippen molar-refractivity contribution in [1.29, 1.82) is 5.26 Å². The third-order valence-electron chi connectivity index (χ3n) is 3.13. The highest BCUT2D eigenvalue weighted by Gasteiger charge is 2.22. The van der Waals surface area contributed by atoms with Gasteiger partial charge in [0.2, 0.25) is 0 Å². The molecular formula is C17H25NO. The van der Waals surface area contributed by atoms with Crippen molar-refractivity contribution in [1.82, 2.24) is 0 Å².